The molecule has 1 aliphatic rings. The molecule has 6 nitrogen and oxygen atoms in total. The lowest BCUT2D eigenvalue weighted by molar-refractivity contribution is -0.137. The minimum atomic E-state index is -0.763. The van der Waals surface area contributed by atoms with E-state index >= 15 is 0 Å². The highest BCUT2D eigenvalue weighted by atomic mass is 16.5. The van der Waals surface area contributed by atoms with E-state index in [9.17, 15) is 9.59 Å². The Morgan fingerprint density at radius 2 is 2.17 bits per heavy atom. The van der Waals surface area contributed by atoms with Crippen LogP contribution in [0.1, 0.15) is 32.6 Å². The lowest BCUT2D eigenvalue weighted by Gasteiger charge is -2.31. The molecule has 18 heavy (non-hydrogen) atoms. The number of nitrogens with one attached hydrogen (secondary N) is 1. The number of nitrogens with zero attached hydrogens (tertiary/aromatic N) is 1. The van der Waals surface area contributed by atoms with Crippen molar-refractivity contribution in [2.24, 2.45) is 0 Å². The molecule has 2 amide bonds. The number of carbonyl (C=O) groups is 2. The van der Waals surface area contributed by atoms with Crippen LogP contribution >= 0.6 is 0 Å². The molecule has 1 aliphatic heterocycles. The van der Waals surface area contributed by atoms with Gasteiger partial charge in [-0.2, -0.15) is 0 Å². The van der Waals surface area contributed by atoms with Crippen LogP contribution < -0.4 is 5.32 Å². The van der Waals surface area contributed by atoms with Crippen LogP contribution in [0.25, 0.3) is 0 Å². The van der Waals surface area contributed by atoms with Crippen molar-refractivity contribution in [2.75, 3.05) is 26.2 Å². The third-order valence-electron chi connectivity index (χ3n) is 2.87. The van der Waals surface area contributed by atoms with Gasteiger partial charge in [0.15, 0.2) is 0 Å². The van der Waals surface area contributed by atoms with Crippen molar-refractivity contribution >= 4 is 12.0 Å². The molecule has 0 aromatic carbocycles. The van der Waals surface area contributed by atoms with Gasteiger partial charge in [0.2, 0.25) is 0 Å². The van der Waals surface area contributed by atoms with Crippen LogP contribution in [-0.4, -0.2) is 54.4 Å². The molecule has 0 aliphatic carbocycles. The first-order valence-corrected chi connectivity index (χ1v) is 6.46. The predicted molar refractivity (Wildman–Crippen MR) is 66.5 cm³/mol. The van der Waals surface area contributed by atoms with Gasteiger partial charge in [0.05, 0.1) is 12.7 Å². The van der Waals surface area contributed by atoms with E-state index in [-0.39, 0.29) is 18.6 Å². The lowest BCUT2D eigenvalue weighted by Crippen LogP contribution is -2.49. The normalized spacial score (nSPS) is 19.6. The summed E-state index contributed by atoms with van der Waals surface area (Å²) in [5.41, 5.74) is 0. The van der Waals surface area contributed by atoms with Crippen molar-refractivity contribution in [1.82, 2.24) is 10.2 Å². The van der Waals surface area contributed by atoms with Crippen molar-refractivity contribution in [3.63, 3.8) is 0 Å². The Kier molecular flexibility index (Phi) is 6.49. The Bertz CT molecular complexity index is 283. The van der Waals surface area contributed by atoms with E-state index in [4.69, 9.17) is 9.84 Å². The standard InChI is InChI=1S/C12H22N2O4/c1-10-9-14(7-8-18-10)12(17)13-6-4-2-3-5-11(15)16/h10H,2-9H2,1H3,(H,13,17)(H,15,16). The number of hydrogen-bond acceptors (Lipinski definition) is 3. The number of urea groups is 1. The molecular weight excluding hydrogens is 236 g/mol. The van der Waals surface area contributed by atoms with E-state index in [1.165, 1.54) is 0 Å². The molecule has 0 bridgehead atoms. The fourth-order valence-electron chi connectivity index (χ4n) is 1.89. The van der Waals surface area contributed by atoms with Gasteiger partial charge < -0.3 is 20.1 Å². The highest BCUT2D eigenvalue weighted by molar-refractivity contribution is 5.74. The zero-order valence-electron chi connectivity index (χ0n) is 10.9. The van der Waals surface area contributed by atoms with E-state index in [0.29, 0.717) is 32.7 Å². The van der Waals surface area contributed by atoms with E-state index in [0.717, 1.165) is 12.8 Å². The fourth-order valence-corrected chi connectivity index (χ4v) is 1.89. The first-order chi connectivity index (χ1) is 8.59. The van der Waals surface area contributed by atoms with Crippen molar-refractivity contribution in [2.45, 2.75) is 38.7 Å². The molecule has 0 spiro atoms. The smallest absolute Gasteiger partial charge is 0.317 e. The Hall–Kier alpha value is -1.30. The molecule has 0 radical (unpaired) electrons. The Balaban J connectivity index is 2.04. The third kappa shape index (κ3) is 5.86. The largest absolute Gasteiger partial charge is 0.481 e. The van der Waals surface area contributed by atoms with Crippen LogP contribution in [0.4, 0.5) is 4.79 Å². The molecule has 1 unspecified atom stereocenters. The number of morpholine rings is 1. The van der Waals surface area contributed by atoms with Crippen molar-refractivity contribution in [3.8, 4) is 0 Å². The summed E-state index contributed by atoms with van der Waals surface area (Å²) < 4.78 is 5.36. The first kappa shape index (κ1) is 14.8. The molecule has 6 heteroatoms. The molecule has 104 valence electrons. The summed E-state index contributed by atoms with van der Waals surface area (Å²) in [6, 6.07) is -0.0524. The van der Waals surface area contributed by atoms with Gasteiger partial charge >= 0.3 is 12.0 Å². The van der Waals surface area contributed by atoms with Crippen LogP contribution in [0.5, 0.6) is 0 Å². The second kappa shape index (κ2) is 7.92. The zero-order chi connectivity index (χ0) is 13.4. The first-order valence-electron chi connectivity index (χ1n) is 6.46. The number of rotatable bonds is 6. The highest BCUT2D eigenvalue weighted by Crippen LogP contribution is 2.04. The minimum absolute atomic E-state index is 0.0524. The molecule has 0 saturated carbocycles. The van der Waals surface area contributed by atoms with Crippen LogP contribution in [0, 0.1) is 0 Å². The number of hydrogen-bond donors (Lipinski definition) is 2. The third-order valence-corrected chi connectivity index (χ3v) is 2.87. The van der Waals surface area contributed by atoms with Gasteiger partial charge in [0.1, 0.15) is 0 Å². The topological polar surface area (TPSA) is 78.9 Å². The maximum atomic E-state index is 11.7. The quantitative estimate of drug-likeness (QED) is 0.698. The predicted octanol–water partition coefficient (Wildman–Crippen LogP) is 1.06. The molecular formula is C12H22N2O4. The second-order valence-electron chi connectivity index (χ2n) is 4.56. The van der Waals surface area contributed by atoms with Gasteiger partial charge in [-0.3, -0.25) is 4.79 Å². The van der Waals surface area contributed by atoms with Gasteiger partial charge in [-0.1, -0.05) is 6.42 Å². The SMILES string of the molecule is CC1CN(C(=O)NCCCCCC(=O)O)CCO1. The summed E-state index contributed by atoms with van der Waals surface area (Å²) in [6.07, 6.45) is 2.61. The number of unbranched alkanes of at least 4 members (excludes halogenated alkanes) is 2. The van der Waals surface area contributed by atoms with E-state index in [2.05, 4.69) is 5.32 Å². The van der Waals surface area contributed by atoms with Crippen LogP contribution in [0.2, 0.25) is 0 Å². The van der Waals surface area contributed by atoms with Crippen molar-refractivity contribution < 1.29 is 19.4 Å². The molecule has 1 saturated heterocycles. The summed E-state index contributed by atoms with van der Waals surface area (Å²) >= 11 is 0. The average molecular weight is 258 g/mol. The number of ether oxygens (including phenoxy) is 1. The second-order valence-corrected chi connectivity index (χ2v) is 4.56. The van der Waals surface area contributed by atoms with E-state index in [1.807, 2.05) is 6.92 Å². The van der Waals surface area contributed by atoms with Gasteiger partial charge in [0.25, 0.3) is 0 Å². The summed E-state index contributed by atoms with van der Waals surface area (Å²) in [5, 5.41) is 11.3. The molecule has 0 aromatic heterocycles. The zero-order valence-corrected chi connectivity index (χ0v) is 10.9. The highest BCUT2D eigenvalue weighted by Gasteiger charge is 2.20. The fraction of sp³-hybridized carbons (Fsp3) is 0.833. The number of aliphatic carboxylic acids is 1. The maximum Gasteiger partial charge on any atom is 0.317 e. The van der Waals surface area contributed by atoms with Crippen molar-refractivity contribution in [3.05, 3.63) is 0 Å². The number of carboxylic acid groups (broad SMARTS) is 1. The average Bonchev–Trinajstić information content (AvgIpc) is 2.33. The monoisotopic (exact) mass is 258 g/mol. The molecule has 2 N–H and O–H groups in total. The Morgan fingerprint density at radius 1 is 1.39 bits per heavy atom. The van der Waals surface area contributed by atoms with E-state index < -0.39 is 5.97 Å². The van der Waals surface area contributed by atoms with Crippen LogP contribution in [0.3, 0.4) is 0 Å². The van der Waals surface area contributed by atoms with Gasteiger partial charge in [-0.05, 0) is 19.8 Å². The minimum Gasteiger partial charge on any atom is -0.481 e. The summed E-state index contributed by atoms with van der Waals surface area (Å²) in [7, 11) is 0. The number of carbonyl (C=O) groups excluding carboxylic acids is 1. The molecule has 1 heterocycles. The van der Waals surface area contributed by atoms with Gasteiger partial charge in [-0.15, -0.1) is 0 Å². The van der Waals surface area contributed by atoms with Crippen LogP contribution in [-0.2, 0) is 9.53 Å². The van der Waals surface area contributed by atoms with Gasteiger partial charge in [0, 0.05) is 26.1 Å². The summed E-state index contributed by atoms with van der Waals surface area (Å²) in [6.45, 7) is 4.41. The lowest BCUT2D eigenvalue weighted by atomic mass is 10.2. The van der Waals surface area contributed by atoms with Gasteiger partial charge in [-0.25, -0.2) is 4.79 Å². The van der Waals surface area contributed by atoms with E-state index in [1.54, 1.807) is 4.90 Å². The van der Waals surface area contributed by atoms with Crippen molar-refractivity contribution in [1.29, 1.82) is 0 Å². The number of amides is 2. The summed E-state index contributed by atoms with van der Waals surface area (Å²) in [4.78, 5) is 23.8. The molecule has 0 aromatic rings. The molecule has 1 rings (SSSR count). The summed E-state index contributed by atoms with van der Waals surface area (Å²) in [5.74, 6) is -0.763. The molecule has 1 atom stereocenters. The number of carboxylic acids is 1. The van der Waals surface area contributed by atoms with Crippen LogP contribution in [0.15, 0.2) is 0 Å². The Labute approximate surface area is 107 Å². The maximum absolute atomic E-state index is 11.7. The molecule has 1 fully saturated rings. The Morgan fingerprint density at radius 3 is 2.83 bits per heavy atom.